The van der Waals surface area contributed by atoms with Gasteiger partial charge in [-0.1, -0.05) is 12.1 Å². The summed E-state index contributed by atoms with van der Waals surface area (Å²) in [7, 11) is 0.146. The lowest BCUT2D eigenvalue weighted by Crippen LogP contribution is -2.38. The molecule has 3 rings (SSSR count). The fourth-order valence-corrected chi connectivity index (χ4v) is 4.70. The van der Waals surface area contributed by atoms with Crippen molar-refractivity contribution in [3.05, 3.63) is 78.1 Å². The molecule has 180 valence electrons. The van der Waals surface area contributed by atoms with Gasteiger partial charge in [0.25, 0.3) is 10.0 Å². The summed E-state index contributed by atoms with van der Waals surface area (Å²) in [5, 5.41) is 2.70. The molecule has 3 aromatic rings. The van der Waals surface area contributed by atoms with Crippen molar-refractivity contribution in [1.29, 1.82) is 0 Å². The largest absolute Gasteiger partial charge is 0.493 e. The van der Waals surface area contributed by atoms with Crippen LogP contribution in [0.1, 0.15) is 5.56 Å². The molecule has 0 atom stereocenters. The molecule has 0 heterocycles. The van der Waals surface area contributed by atoms with Gasteiger partial charge >= 0.3 is 0 Å². The number of hydrogen-bond donors (Lipinski definition) is 1. The van der Waals surface area contributed by atoms with E-state index in [-0.39, 0.29) is 16.3 Å². The Hall–Kier alpha value is -3.63. The normalized spacial score (nSPS) is 11.1. The van der Waals surface area contributed by atoms with Crippen molar-refractivity contribution in [2.45, 2.75) is 11.5 Å². The second-order valence-corrected chi connectivity index (χ2v) is 9.05. The number of rotatable bonds is 10. The number of hydrogen-bond acceptors (Lipinski definition) is 6. The second-order valence-electron chi connectivity index (χ2n) is 7.19. The van der Waals surface area contributed by atoms with Gasteiger partial charge in [0, 0.05) is 18.9 Å². The molecule has 0 aliphatic rings. The van der Waals surface area contributed by atoms with Gasteiger partial charge in [-0.2, -0.15) is 0 Å². The Kier molecular flexibility index (Phi) is 8.08. The third kappa shape index (κ3) is 5.83. The first-order chi connectivity index (χ1) is 16.3. The summed E-state index contributed by atoms with van der Waals surface area (Å²) in [5.74, 6) is -0.555. The van der Waals surface area contributed by atoms with E-state index in [9.17, 15) is 17.6 Å². The number of amides is 1. The van der Waals surface area contributed by atoms with Crippen LogP contribution < -0.4 is 19.1 Å². The number of carbonyl (C=O) groups is 1. The summed E-state index contributed by atoms with van der Waals surface area (Å²) >= 11 is 0. The molecule has 10 heteroatoms. The number of ether oxygens (including phenoxy) is 3. The summed E-state index contributed by atoms with van der Waals surface area (Å²) in [6.45, 7) is -0.185. The molecule has 0 saturated heterocycles. The minimum absolute atomic E-state index is 0.121. The lowest BCUT2D eigenvalue weighted by Gasteiger charge is -2.24. The molecule has 34 heavy (non-hydrogen) atoms. The Bertz CT molecular complexity index is 1250. The Morgan fingerprint density at radius 1 is 0.941 bits per heavy atom. The zero-order valence-electron chi connectivity index (χ0n) is 18.9. The number of nitrogens with one attached hydrogen (secondary N) is 1. The lowest BCUT2D eigenvalue weighted by atomic mass is 10.2. The number of methoxy groups -OCH3 is 3. The van der Waals surface area contributed by atoms with Crippen molar-refractivity contribution in [3.63, 3.8) is 0 Å². The van der Waals surface area contributed by atoms with E-state index in [1.165, 1.54) is 44.6 Å². The highest BCUT2D eigenvalue weighted by atomic mass is 32.2. The van der Waals surface area contributed by atoms with E-state index in [0.29, 0.717) is 18.0 Å². The first-order valence-electron chi connectivity index (χ1n) is 10.2. The van der Waals surface area contributed by atoms with Crippen molar-refractivity contribution < 1.29 is 31.8 Å². The highest BCUT2D eigenvalue weighted by Crippen LogP contribution is 2.32. The van der Waals surface area contributed by atoms with Crippen molar-refractivity contribution in [1.82, 2.24) is 0 Å². The van der Waals surface area contributed by atoms with Crippen molar-refractivity contribution >= 4 is 27.3 Å². The van der Waals surface area contributed by atoms with E-state index in [4.69, 9.17) is 14.2 Å². The van der Waals surface area contributed by atoms with Crippen molar-refractivity contribution in [2.75, 3.05) is 37.5 Å². The topological polar surface area (TPSA) is 94.2 Å². The van der Waals surface area contributed by atoms with Gasteiger partial charge in [-0.3, -0.25) is 9.10 Å². The number of halogens is 1. The Morgan fingerprint density at radius 3 is 2.29 bits per heavy atom. The molecular weight excluding hydrogens is 463 g/mol. The van der Waals surface area contributed by atoms with Crippen molar-refractivity contribution in [2.24, 2.45) is 0 Å². The van der Waals surface area contributed by atoms with Gasteiger partial charge in [-0.05, 0) is 54.1 Å². The van der Waals surface area contributed by atoms with Crippen LogP contribution in [0.2, 0.25) is 0 Å². The molecule has 1 N–H and O–H groups in total. The fourth-order valence-electron chi connectivity index (χ4n) is 3.26. The molecule has 1 amide bonds. The third-order valence-electron chi connectivity index (χ3n) is 4.87. The lowest BCUT2D eigenvalue weighted by molar-refractivity contribution is -0.114. The average molecular weight is 489 g/mol. The molecule has 0 spiro atoms. The molecule has 0 aromatic heterocycles. The van der Waals surface area contributed by atoms with Crippen LogP contribution in [0.4, 0.5) is 15.8 Å². The predicted octanol–water partition coefficient (Wildman–Crippen LogP) is 3.82. The minimum atomic E-state index is -4.23. The Labute approximate surface area is 197 Å². The molecule has 0 aliphatic carbocycles. The van der Waals surface area contributed by atoms with Gasteiger partial charge in [0.15, 0.2) is 11.5 Å². The molecule has 0 bridgehead atoms. The highest BCUT2D eigenvalue weighted by molar-refractivity contribution is 7.92. The van der Waals surface area contributed by atoms with E-state index in [1.807, 2.05) is 6.07 Å². The number of sulfonamides is 1. The van der Waals surface area contributed by atoms with E-state index < -0.39 is 28.3 Å². The second kappa shape index (κ2) is 11.0. The van der Waals surface area contributed by atoms with Crippen LogP contribution in [-0.2, 0) is 26.2 Å². The smallest absolute Gasteiger partial charge is 0.264 e. The van der Waals surface area contributed by atoms with Gasteiger partial charge in [-0.15, -0.1) is 0 Å². The molecular formula is C24H25FN2O6S. The zero-order chi connectivity index (χ0) is 24.7. The van der Waals surface area contributed by atoms with Crippen LogP contribution in [0.3, 0.4) is 0 Å². The first kappa shape index (κ1) is 25.0. The number of benzene rings is 3. The standard InChI is InChI=1S/C24H25FN2O6S/c1-31-16-17-5-4-6-19(13-17)26-24(28)15-27(20-9-7-18(25)8-10-20)34(29,30)21-11-12-22(32-2)23(14-21)33-3/h4-14H,15-16H2,1-3H3,(H,26,28). The highest BCUT2D eigenvalue weighted by Gasteiger charge is 2.28. The predicted molar refractivity (Wildman–Crippen MR) is 126 cm³/mol. The molecule has 0 aliphatic heterocycles. The Morgan fingerprint density at radius 2 is 1.65 bits per heavy atom. The molecule has 0 unspecified atom stereocenters. The summed E-state index contributed by atoms with van der Waals surface area (Å²) in [6.07, 6.45) is 0. The van der Waals surface area contributed by atoms with Gasteiger partial charge in [0.1, 0.15) is 12.4 Å². The maximum Gasteiger partial charge on any atom is 0.264 e. The van der Waals surface area contributed by atoms with Gasteiger partial charge in [0.05, 0.1) is 31.4 Å². The quantitative estimate of drug-likeness (QED) is 0.466. The van der Waals surface area contributed by atoms with Crippen molar-refractivity contribution in [3.8, 4) is 11.5 Å². The summed E-state index contributed by atoms with van der Waals surface area (Å²) in [6, 6.07) is 15.9. The third-order valence-corrected chi connectivity index (χ3v) is 6.64. The number of nitrogens with zero attached hydrogens (tertiary/aromatic N) is 1. The van der Waals surface area contributed by atoms with Crippen LogP contribution >= 0.6 is 0 Å². The SMILES string of the molecule is COCc1cccc(NC(=O)CN(c2ccc(F)cc2)S(=O)(=O)c2ccc(OC)c(OC)c2)c1. The maximum atomic E-state index is 13.6. The first-order valence-corrected chi connectivity index (χ1v) is 11.6. The maximum absolute atomic E-state index is 13.6. The minimum Gasteiger partial charge on any atom is -0.493 e. The average Bonchev–Trinajstić information content (AvgIpc) is 2.83. The molecule has 0 fully saturated rings. The van der Waals surface area contributed by atoms with Gasteiger partial charge in [-0.25, -0.2) is 12.8 Å². The van der Waals surface area contributed by atoms with E-state index in [1.54, 1.807) is 25.3 Å². The summed E-state index contributed by atoms with van der Waals surface area (Å²) in [4.78, 5) is 12.7. The zero-order valence-corrected chi connectivity index (χ0v) is 19.8. The molecule has 0 radical (unpaired) electrons. The summed E-state index contributed by atoms with van der Waals surface area (Å²) in [5.41, 5.74) is 1.45. The van der Waals surface area contributed by atoms with E-state index >= 15 is 0 Å². The number of carbonyl (C=O) groups excluding carboxylic acids is 1. The van der Waals surface area contributed by atoms with E-state index in [2.05, 4.69) is 5.32 Å². The Balaban J connectivity index is 1.95. The molecule has 0 saturated carbocycles. The number of anilines is 2. The van der Waals surface area contributed by atoms with Crippen LogP contribution in [0, 0.1) is 5.82 Å². The van der Waals surface area contributed by atoms with Gasteiger partial charge < -0.3 is 19.5 Å². The molecule has 3 aromatic carbocycles. The van der Waals surface area contributed by atoms with Crippen LogP contribution in [-0.4, -0.2) is 42.2 Å². The van der Waals surface area contributed by atoms with Crippen LogP contribution in [0.15, 0.2) is 71.6 Å². The summed E-state index contributed by atoms with van der Waals surface area (Å²) < 4.78 is 57.0. The van der Waals surface area contributed by atoms with Gasteiger partial charge in [0.2, 0.25) is 5.91 Å². The van der Waals surface area contributed by atoms with E-state index in [0.717, 1.165) is 22.0 Å². The van der Waals surface area contributed by atoms with Crippen LogP contribution in [0.25, 0.3) is 0 Å². The van der Waals surface area contributed by atoms with Crippen LogP contribution in [0.5, 0.6) is 11.5 Å². The molecule has 8 nitrogen and oxygen atoms in total. The fraction of sp³-hybridized carbons (Fsp3) is 0.208. The monoisotopic (exact) mass is 488 g/mol.